The molecule has 11 heavy (non-hydrogen) atoms. The molecule has 0 aromatic heterocycles. The highest BCUT2D eigenvalue weighted by molar-refractivity contribution is 4.96. The van der Waals surface area contributed by atoms with Gasteiger partial charge in [-0.2, -0.15) is 0 Å². The minimum Gasteiger partial charge on any atom is -0.344 e. The van der Waals surface area contributed by atoms with E-state index in [0.717, 1.165) is 12.8 Å². The van der Waals surface area contributed by atoms with Gasteiger partial charge in [0.05, 0.1) is 6.10 Å². The van der Waals surface area contributed by atoms with Crippen LogP contribution in [0.2, 0.25) is 0 Å². The van der Waals surface area contributed by atoms with Crippen LogP contribution < -0.4 is 0 Å². The van der Waals surface area contributed by atoms with Crippen LogP contribution in [0.5, 0.6) is 0 Å². The largest absolute Gasteiger partial charge is 0.344 e. The first-order chi connectivity index (χ1) is 5.23. The maximum atomic E-state index is 5.69. The molecular formula is C9H14O2. The highest BCUT2D eigenvalue weighted by Gasteiger charge is 2.45. The minimum absolute atomic E-state index is 0.127. The van der Waals surface area contributed by atoms with Gasteiger partial charge in [0, 0.05) is 6.42 Å². The van der Waals surface area contributed by atoms with Gasteiger partial charge in [0.2, 0.25) is 0 Å². The number of hydrogen-bond donors (Lipinski definition) is 0. The van der Waals surface area contributed by atoms with Crippen LogP contribution in [0, 0.1) is 0 Å². The molecule has 2 bridgehead atoms. The minimum atomic E-state index is -0.304. The second-order valence-corrected chi connectivity index (χ2v) is 3.50. The molecule has 62 valence electrons. The molecule has 2 aliphatic heterocycles. The third kappa shape index (κ3) is 1.10. The van der Waals surface area contributed by atoms with Crippen molar-refractivity contribution in [3.63, 3.8) is 0 Å². The Morgan fingerprint density at radius 3 is 3.00 bits per heavy atom. The van der Waals surface area contributed by atoms with Crippen LogP contribution in [0.3, 0.4) is 0 Å². The summed E-state index contributed by atoms with van der Waals surface area (Å²) in [4.78, 5) is 0. The molecule has 0 aromatic rings. The fraction of sp³-hybridized carbons (Fsp3) is 0.778. The summed E-state index contributed by atoms with van der Waals surface area (Å²) < 4.78 is 11.4. The van der Waals surface area contributed by atoms with E-state index in [1.165, 1.54) is 6.42 Å². The molecule has 0 N–H and O–H groups in total. The quantitative estimate of drug-likeness (QED) is 0.537. The Morgan fingerprint density at radius 2 is 2.36 bits per heavy atom. The monoisotopic (exact) mass is 154 g/mol. The van der Waals surface area contributed by atoms with Crippen molar-refractivity contribution in [3.05, 3.63) is 12.7 Å². The van der Waals surface area contributed by atoms with Gasteiger partial charge in [-0.25, -0.2) is 0 Å². The van der Waals surface area contributed by atoms with E-state index in [-0.39, 0.29) is 18.0 Å². The molecule has 3 atom stereocenters. The Balaban J connectivity index is 2.16. The maximum absolute atomic E-state index is 5.69. The van der Waals surface area contributed by atoms with Crippen LogP contribution >= 0.6 is 0 Å². The lowest BCUT2D eigenvalue weighted by molar-refractivity contribution is -0.176. The number of ether oxygens (including phenoxy) is 2. The maximum Gasteiger partial charge on any atom is 0.166 e. The predicted octanol–water partition coefficient (Wildman–Crippen LogP) is 1.86. The standard InChI is InChI=1S/C9H14O2/c1-3-7-8-5-4-6-9(2,10-7)11-8/h3,7-8H,1,4-6H2,2H3/t7-,8-,9+/m0/s1. The lowest BCUT2D eigenvalue weighted by atomic mass is 10.0. The van der Waals surface area contributed by atoms with Gasteiger partial charge in [-0.3, -0.25) is 0 Å². The van der Waals surface area contributed by atoms with E-state index < -0.39 is 0 Å². The molecule has 2 fully saturated rings. The van der Waals surface area contributed by atoms with Crippen molar-refractivity contribution in [2.24, 2.45) is 0 Å². The zero-order valence-electron chi connectivity index (χ0n) is 6.88. The Kier molecular flexibility index (Phi) is 1.55. The molecule has 2 heterocycles. The smallest absolute Gasteiger partial charge is 0.166 e. The Hall–Kier alpha value is -0.340. The Morgan fingerprint density at radius 1 is 1.55 bits per heavy atom. The summed E-state index contributed by atoms with van der Waals surface area (Å²) in [6.07, 6.45) is 5.60. The van der Waals surface area contributed by atoms with E-state index in [1.54, 1.807) is 0 Å². The second kappa shape index (κ2) is 2.32. The molecule has 2 saturated heterocycles. The van der Waals surface area contributed by atoms with Gasteiger partial charge in [-0.05, 0) is 19.8 Å². The lowest BCUT2D eigenvalue weighted by Crippen LogP contribution is -2.30. The molecule has 0 amide bonds. The zero-order chi connectivity index (χ0) is 7.90. The normalized spacial score (nSPS) is 49.2. The van der Waals surface area contributed by atoms with Crippen LogP contribution in [0.15, 0.2) is 12.7 Å². The van der Waals surface area contributed by atoms with Crippen molar-refractivity contribution in [3.8, 4) is 0 Å². The summed E-state index contributed by atoms with van der Waals surface area (Å²) in [7, 11) is 0. The highest BCUT2D eigenvalue weighted by Crippen LogP contribution is 2.39. The van der Waals surface area contributed by atoms with E-state index in [1.807, 2.05) is 13.0 Å². The second-order valence-electron chi connectivity index (χ2n) is 3.50. The van der Waals surface area contributed by atoms with Crippen molar-refractivity contribution in [1.82, 2.24) is 0 Å². The summed E-state index contributed by atoms with van der Waals surface area (Å²) in [6.45, 7) is 5.75. The first kappa shape index (κ1) is 7.32. The van der Waals surface area contributed by atoms with Crippen molar-refractivity contribution in [1.29, 1.82) is 0 Å². The van der Waals surface area contributed by atoms with E-state index in [2.05, 4.69) is 6.58 Å². The summed E-state index contributed by atoms with van der Waals surface area (Å²) in [5, 5.41) is 0. The molecule has 2 rings (SSSR count). The third-order valence-electron chi connectivity index (χ3n) is 2.50. The van der Waals surface area contributed by atoms with Gasteiger partial charge < -0.3 is 9.47 Å². The van der Waals surface area contributed by atoms with Crippen LogP contribution in [0.1, 0.15) is 26.2 Å². The van der Waals surface area contributed by atoms with Gasteiger partial charge in [0.25, 0.3) is 0 Å². The molecule has 0 saturated carbocycles. The highest BCUT2D eigenvalue weighted by atomic mass is 16.8. The van der Waals surface area contributed by atoms with Gasteiger partial charge in [0.1, 0.15) is 6.10 Å². The summed E-state index contributed by atoms with van der Waals surface area (Å²) >= 11 is 0. The first-order valence-corrected chi connectivity index (χ1v) is 4.22. The summed E-state index contributed by atoms with van der Waals surface area (Å²) in [5.74, 6) is -0.304. The summed E-state index contributed by atoms with van der Waals surface area (Å²) in [5.41, 5.74) is 0. The van der Waals surface area contributed by atoms with Crippen molar-refractivity contribution >= 4 is 0 Å². The Labute approximate surface area is 67.2 Å². The average molecular weight is 154 g/mol. The van der Waals surface area contributed by atoms with Gasteiger partial charge >= 0.3 is 0 Å². The van der Waals surface area contributed by atoms with Crippen molar-refractivity contribution < 1.29 is 9.47 Å². The molecule has 0 aromatic carbocycles. The van der Waals surface area contributed by atoms with Gasteiger partial charge in [0.15, 0.2) is 5.79 Å². The predicted molar refractivity (Wildman–Crippen MR) is 42.2 cm³/mol. The molecule has 2 nitrogen and oxygen atoms in total. The molecular weight excluding hydrogens is 140 g/mol. The van der Waals surface area contributed by atoms with Crippen LogP contribution in [-0.2, 0) is 9.47 Å². The first-order valence-electron chi connectivity index (χ1n) is 4.22. The van der Waals surface area contributed by atoms with Gasteiger partial charge in [-0.15, -0.1) is 6.58 Å². The van der Waals surface area contributed by atoms with Crippen LogP contribution in [-0.4, -0.2) is 18.0 Å². The van der Waals surface area contributed by atoms with E-state index in [0.29, 0.717) is 0 Å². The van der Waals surface area contributed by atoms with E-state index >= 15 is 0 Å². The number of hydrogen-bond acceptors (Lipinski definition) is 2. The number of rotatable bonds is 1. The van der Waals surface area contributed by atoms with Gasteiger partial charge in [-0.1, -0.05) is 6.08 Å². The van der Waals surface area contributed by atoms with Crippen molar-refractivity contribution in [2.45, 2.75) is 44.2 Å². The van der Waals surface area contributed by atoms with Crippen molar-refractivity contribution in [2.75, 3.05) is 0 Å². The zero-order valence-corrected chi connectivity index (χ0v) is 6.88. The SMILES string of the molecule is C=C[C@@H]1O[C@@]2(C)CCC[C@@H]1O2. The lowest BCUT2D eigenvalue weighted by Gasteiger charge is -2.26. The fourth-order valence-corrected chi connectivity index (χ4v) is 1.94. The molecule has 0 radical (unpaired) electrons. The molecule has 0 spiro atoms. The van der Waals surface area contributed by atoms with E-state index in [4.69, 9.17) is 9.47 Å². The third-order valence-corrected chi connectivity index (χ3v) is 2.50. The average Bonchev–Trinajstić information content (AvgIpc) is 2.21. The topological polar surface area (TPSA) is 18.5 Å². The Bertz CT molecular complexity index is 178. The number of fused-ring (bicyclic) bond motifs is 2. The molecule has 2 aliphatic rings. The molecule has 2 heteroatoms. The van der Waals surface area contributed by atoms with E-state index in [9.17, 15) is 0 Å². The summed E-state index contributed by atoms with van der Waals surface area (Å²) in [6, 6.07) is 0. The molecule has 0 unspecified atom stereocenters. The van der Waals surface area contributed by atoms with Crippen LogP contribution in [0.4, 0.5) is 0 Å². The van der Waals surface area contributed by atoms with Crippen LogP contribution in [0.25, 0.3) is 0 Å². The molecule has 0 aliphatic carbocycles. The fourth-order valence-electron chi connectivity index (χ4n) is 1.94.